The van der Waals surface area contributed by atoms with E-state index >= 15 is 0 Å². The molecule has 0 fully saturated rings. The third kappa shape index (κ3) is 16.9. The van der Waals surface area contributed by atoms with Gasteiger partial charge in [0.15, 0.2) is 0 Å². The maximum absolute atomic E-state index is 10.2. The number of para-hydroxylation sites is 3. The molecule has 7 nitrogen and oxygen atoms in total. The average Bonchev–Trinajstić information content (AvgIpc) is 1.03. The van der Waals surface area contributed by atoms with E-state index in [0.717, 1.165) is 107 Å². The topological polar surface area (TPSA) is 120 Å². The van der Waals surface area contributed by atoms with Crippen molar-refractivity contribution in [2.45, 2.75) is 0 Å². The number of hydrogen-bond donors (Lipinski definition) is 4. The van der Waals surface area contributed by atoms with Crippen molar-refractivity contribution < 1.29 is 33.3 Å². The van der Waals surface area contributed by atoms with Crippen molar-refractivity contribution in [2.75, 3.05) is 0 Å². The first-order chi connectivity index (χ1) is 67.7. The van der Waals surface area contributed by atoms with Gasteiger partial charge in [-0.25, -0.2) is 0 Å². The Kier molecular flexibility index (Phi) is 23.4. The molecule has 0 aliphatic heterocycles. The summed E-state index contributed by atoms with van der Waals surface area (Å²) in [5.41, 5.74) is 23.1. The number of rotatable bonds is 9. The Labute approximate surface area is 820 Å². The fourth-order valence-corrected chi connectivity index (χ4v) is 21.0. The standard InChI is InChI=1S/C52H32O.C30H21BO2.C22H13BrO.C12H9BO3.C10H6Br2/c1-2-11-34-28-36(21-20-33(34)10-1)35-12-9-13-41(30-35)51-44-15-3-5-17-46(44)52(47-18-6-4-16-45(47)51)42-25-24-37-29-38(22-23-39(37)31-42)40-26-27-50-48(32-40)43-14-7-8-19-49(43)53-50;32-31(33)30-27-14-5-3-12-25(27)29(26-13-4-6-15-28(26)30)24-11-7-10-22(19-24)23-17-16-20-8-1-2-9-21(20)18-23;23-18-9-7-15-11-14(5-6-16(15)12-18)17-8-10-22-20(13-17)19-3-1-2-4-21(19)24-22;14-13(15)8-5-6-12-10(7-8)9-3-1-2-4-11(9)16-12;11-9-3-1-7-5-10(12)4-2-8(7)6-9/h1-32H;1-19,32-33H;1-13H;1-7,14-15H;1-6H. The summed E-state index contributed by atoms with van der Waals surface area (Å²) in [7, 11) is -2.99. The van der Waals surface area contributed by atoms with Gasteiger partial charge in [-0.3, -0.25) is 0 Å². The molecule has 0 saturated carbocycles. The van der Waals surface area contributed by atoms with E-state index in [2.05, 4.69) is 412 Å². The third-order valence-electron chi connectivity index (χ3n) is 26.4. The van der Waals surface area contributed by atoms with Gasteiger partial charge in [0, 0.05) is 45.7 Å². The first-order valence-electron chi connectivity index (χ1n) is 45.9. The minimum absolute atomic E-state index is 0.471. The molecule has 654 valence electrons. The molecular weight excluding hydrogens is 1890 g/mol. The van der Waals surface area contributed by atoms with E-state index < -0.39 is 14.2 Å². The molecule has 138 heavy (non-hydrogen) atoms. The average molecular weight is 1970 g/mol. The fraction of sp³-hybridized carbons (Fsp3) is 0. The van der Waals surface area contributed by atoms with Crippen molar-refractivity contribution in [3.8, 4) is 77.9 Å². The molecule has 0 unspecified atom stereocenters. The summed E-state index contributed by atoms with van der Waals surface area (Å²) in [5.74, 6) is 0. The summed E-state index contributed by atoms with van der Waals surface area (Å²) in [5, 5.41) is 66.4. The van der Waals surface area contributed by atoms with Crippen LogP contribution in [0, 0.1) is 0 Å². The summed E-state index contributed by atoms with van der Waals surface area (Å²) in [6.07, 6.45) is 0. The molecule has 0 amide bonds. The predicted molar refractivity (Wildman–Crippen MR) is 592 cm³/mol. The molecule has 12 heteroatoms. The van der Waals surface area contributed by atoms with Crippen molar-refractivity contribution in [1.29, 1.82) is 0 Å². The van der Waals surface area contributed by atoms with Gasteiger partial charge < -0.3 is 33.3 Å². The molecular formula is C126H81B2Br3O7. The van der Waals surface area contributed by atoms with Crippen LogP contribution in [0.15, 0.2) is 494 Å². The van der Waals surface area contributed by atoms with Crippen molar-refractivity contribution in [1.82, 2.24) is 0 Å². The molecule has 0 saturated heterocycles. The minimum atomic E-state index is -1.54. The SMILES string of the molecule is Brc1ccc2cc(-c3ccc4oc5ccccc5c4c3)ccc2c1.Brc1ccc2cc(Br)ccc2c1.OB(O)c1c2ccccc2c(-c2cccc(-c3ccc4ccccc4c3)c2)c2ccccc12.OB(O)c1ccc2oc3ccccc3c2c1.c1cc(-c2ccc3ccccc3c2)cc(-c2c3ccccc3c(-c3ccc4cc(-c5ccc6oc7ccccc7c6c5)ccc4c3)c3ccccc23)c1. The summed E-state index contributed by atoms with van der Waals surface area (Å²) in [4.78, 5) is 0. The highest BCUT2D eigenvalue weighted by molar-refractivity contribution is 9.11. The van der Waals surface area contributed by atoms with Crippen molar-refractivity contribution in [3.63, 3.8) is 0 Å². The maximum Gasteiger partial charge on any atom is 0.489 e. The Hall–Kier alpha value is -15.6. The highest BCUT2D eigenvalue weighted by Gasteiger charge is 2.25. The van der Waals surface area contributed by atoms with E-state index in [-0.39, 0.29) is 0 Å². The molecule has 0 radical (unpaired) electrons. The maximum atomic E-state index is 10.2. The number of benzene rings is 24. The first-order valence-corrected chi connectivity index (χ1v) is 48.2. The van der Waals surface area contributed by atoms with Gasteiger partial charge in [-0.2, -0.15) is 0 Å². The Morgan fingerprint density at radius 1 is 0.152 bits per heavy atom. The summed E-state index contributed by atoms with van der Waals surface area (Å²) < 4.78 is 21.0. The van der Waals surface area contributed by atoms with E-state index in [4.69, 9.17) is 23.3 Å². The highest BCUT2D eigenvalue weighted by Crippen LogP contribution is 2.47. The van der Waals surface area contributed by atoms with Crippen LogP contribution in [0.1, 0.15) is 0 Å². The van der Waals surface area contributed by atoms with Crippen molar-refractivity contribution >= 4 is 236 Å². The van der Waals surface area contributed by atoms with Gasteiger partial charge in [0.2, 0.25) is 0 Å². The van der Waals surface area contributed by atoms with E-state index in [0.29, 0.717) is 10.9 Å². The summed E-state index contributed by atoms with van der Waals surface area (Å²) >= 11 is 10.4. The second-order valence-corrected chi connectivity index (χ2v) is 37.6. The molecule has 0 aliphatic rings. The lowest BCUT2D eigenvalue weighted by molar-refractivity contribution is 0.425. The molecule has 3 heterocycles. The number of halogens is 3. The van der Waals surface area contributed by atoms with Crippen LogP contribution in [0.2, 0.25) is 0 Å². The van der Waals surface area contributed by atoms with Crippen LogP contribution in [0.3, 0.4) is 0 Å². The largest absolute Gasteiger partial charge is 0.489 e. The van der Waals surface area contributed by atoms with Gasteiger partial charge in [-0.05, 0) is 313 Å². The van der Waals surface area contributed by atoms with Crippen molar-refractivity contribution in [2.24, 2.45) is 0 Å². The highest BCUT2D eigenvalue weighted by atomic mass is 79.9. The van der Waals surface area contributed by atoms with Crippen LogP contribution in [-0.4, -0.2) is 34.3 Å². The van der Waals surface area contributed by atoms with Crippen molar-refractivity contribution in [3.05, 3.63) is 481 Å². The Bertz CT molecular complexity index is 9310. The van der Waals surface area contributed by atoms with Crippen LogP contribution in [0.4, 0.5) is 0 Å². The van der Waals surface area contributed by atoms with Gasteiger partial charge >= 0.3 is 14.2 Å². The molecule has 0 bridgehead atoms. The van der Waals surface area contributed by atoms with E-state index in [1.54, 1.807) is 18.2 Å². The lowest BCUT2D eigenvalue weighted by Crippen LogP contribution is -2.31. The fourth-order valence-electron chi connectivity index (χ4n) is 19.8. The molecule has 0 atom stereocenters. The van der Waals surface area contributed by atoms with Gasteiger partial charge in [-0.15, -0.1) is 0 Å². The van der Waals surface area contributed by atoms with E-state index in [1.807, 2.05) is 84.9 Å². The second-order valence-electron chi connectivity index (χ2n) is 34.8. The van der Waals surface area contributed by atoms with E-state index in [1.165, 1.54) is 147 Å². The lowest BCUT2D eigenvalue weighted by atomic mass is 9.72. The zero-order valence-corrected chi connectivity index (χ0v) is 79.0. The molecule has 4 N–H and O–H groups in total. The molecule has 3 aromatic heterocycles. The van der Waals surface area contributed by atoms with Crippen LogP contribution < -0.4 is 10.9 Å². The Morgan fingerprint density at radius 2 is 0.384 bits per heavy atom. The van der Waals surface area contributed by atoms with Crippen LogP contribution >= 0.6 is 47.8 Å². The van der Waals surface area contributed by atoms with Gasteiger partial charge in [0.05, 0.1) is 0 Å². The minimum Gasteiger partial charge on any atom is -0.456 e. The second kappa shape index (κ2) is 37.3. The lowest BCUT2D eigenvalue weighted by Gasteiger charge is -2.18. The van der Waals surface area contributed by atoms with Crippen LogP contribution in [0.25, 0.3) is 241 Å². The zero-order chi connectivity index (χ0) is 93.0. The summed E-state index contributed by atoms with van der Waals surface area (Å²) in [6, 6.07) is 163. The van der Waals surface area contributed by atoms with Gasteiger partial charge in [0.25, 0.3) is 0 Å². The normalized spacial score (nSPS) is 11.4. The monoisotopic (exact) mass is 1960 g/mol. The zero-order valence-electron chi connectivity index (χ0n) is 74.3. The molecule has 27 rings (SSSR count). The van der Waals surface area contributed by atoms with Crippen LogP contribution in [0.5, 0.6) is 0 Å². The summed E-state index contributed by atoms with van der Waals surface area (Å²) in [6.45, 7) is 0. The quantitative estimate of drug-likeness (QED) is 0.0839. The van der Waals surface area contributed by atoms with Gasteiger partial charge in [-0.1, -0.05) is 388 Å². The molecule has 0 spiro atoms. The molecule has 24 aromatic carbocycles. The number of fused-ring (bicyclic) bond motifs is 18. The molecule has 27 aromatic rings. The van der Waals surface area contributed by atoms with Gasteiger partial charge in [0.1, 0.15) is 33.5 Å². The first kappa shape index (κ1) is 86.5. The Balaban J connectivity index is 0.000000107. The predicted octanol–water partition coefficient (Wildman–Crippen LogP) is 33.8. The number of hydrogen-bond acceptors (Lipinski definition) is 7. The Morgan fingerprint density at radius 3 is 0.746 bits per heavy atom. The van der Waals surface area contributed by atoms with E-state index in [9.17, 15) is 10.0 Å². The molecule has 0 aliphatic carbocycles. The third-order valence-corrected chi connectivity index (χ3v) is 27.9. The smallest absolute Gasteiger partial charge is 0.456 e. The van der Waals surface area contributed by atoms with Crippen LogP contribution in [-0.2, 0) is 0 Å². The number of furan rings is 3.